The number of ether oxygens (including phenoxy) is 9. The van der Waals surface area contributed by atoms with E-state index in [0.717, 1.165) is 5.56 Å². The molecular weight excluding hydrogens is 638 g/mol. The second-order valence-corrected chi connectivity index (χ2v) is 11.1. The zero-order valence-electron chi connectivity index (χ0n) is 26.9. The smallest absolute Gasteiger partial charge is 0.407 e. The minimum absolute atomic E-state index is 0.0635. The predicted molar refractivity (Wildman–Crippen MR) is 171 cm³/mol. The van der Waals surface area contributed by atoms with E-state index < -0.39 is 16.2 Å². The highest BCUT2D eigenvalue weighted by atomic mass is 32.2. The summed E-state index contributed by atoms with van der Waals surface area (Å²) < 4.78 is 77.3. The predicted octanol–water partition coefficient (Wildman–Crippen LogP) is 2.45. The fraction of sp³-hybridized carbons (Fsp3) is 0.594. The van der Waals surface area contributed by atoms with Crippen molar-refractivity contribution < 1.29 is 60.0 Å². The largest absolute Gasteiger partial charge is 0.445 e. The summed E-state index contributed by atoms with van der Waals surface area (Å²) in [4.78, 5) is 11.7. The molecule has 0 saturated heterocycles. The van der Waals surface area contributed by atoms with Gasteiger partial charge >= 0.3 is 6.09 Å². The number of hydrogen-bond donors (Lipinski definition) is 1. The first-order valence-electron chi connectivity index (χ1n) is 15.6. The van der Waals surface area contributed by atoms with Crippen LogP contribution in [0.4, 0.5) is 4.79 Å². The van der Waals surface area contributed by atoms with E-state index in [1.165, 1.54) is 12.1 Å². The summed E-state index contributed by atoms with van der Waals surface area (Å²) in [7, 11) is -3.76. The van der Waals surface area contributed by atoms with Crippen molar-refractivity contribution in [1.29, 1.82) is 0 Å². The maximum atomic E-state index is 12.0. The Bertz CT molecular complexity index is 1110. The molecule has 47 heavy (non-hydrogen) atoms. The van der Waals surface area contributed by atoms with E-state index >= 15 is 0 Å². The Labute approximate surface area is 277 Å². The number of carbonyl (C=O) groups excluding carboxylic acids is 1. The lowest BCUT2D eigenvalue weighted by Gasteiger charge is -2.09. The van der Waals surface area contributed by atoms with Crippen LogP contribution in [0, 0.1) is 0 Å². The molecule has 14 nitrogen and oxygen atoms in total. The molecule has 0 heterocycles. The van der Waals surface area contributed by atoms with Crippen molar-refractivity contribution in [3.8, 4) is 0 Å². The van der Waals surface area contributed by atoms with E-state index in [4.69, 9.17) is 46.8 Å². The van der Waals surface area contributed by atoms with Crippen molar-refractivity contribution in [3.05, 3.63) is 66.2 Å². The van der Waals surface area contributed by atoms with Gasteiger partial charge in [0.1, 0.15) is 6.61 Å². The molecule has 0 aliphatic rings. The van der Waals surface area contributed by atoms with Gasteiger partial charge in [-0.1, -0.05) is 48.5 Å². The van der Waals surface area contributed by atoms with Crippen molar-refractivity contribution in [2.45, 2.75) is 11.5 Å². The average Bonchev–Trinajstić information content (AvgIpc) is 3.09. The Morgan fingerprint density at radius 3 is 1.28 bits per heavy atom. The van der Waals surface area contributed by atoms with Crippen molar-refractivity contribution in [2.24, 2.45) is 0 Å². The molecule has 0 unspecified atom stereocenters. The van der Waals surface area contributed by atoms with E-state index in [2.05, 4.69) is 5.32 Å². The molecule has 0 spiro atoms. The summed E-state index contributed by atoms with van der Waals surface area (Å²) in [5.74, 6) is 0. The molecular formula is C32H49NO13S. The minimum Gasteiger partial charge on any atom is -0.445 e. The van der Waals surface area contributed by atoms with Crippen LogP contribution in [0.3, 0.4) is 0 Å². The Morgan fingerprint density at radius 2 is 0.851 bits per heavy atom. The zero-order valence-corrected chi connectivity index (χ0v) is 27.7. The molecule has 0 bridgehead atoms. The van der Waals surface area contributed by atoms with Gasteiger partial charge in [0.2, 0.25) is 0 Å². The Morgan fingerprint density at radius 1 is 0.489 bits per heavy atom. The van der Waals surface area contributed by atoms with Crippen LogP contribution in [0.2, 0.25) is 0 Å². The van der Waals surface area contributed by atoms with Crippen molar-refractivity contribution in [1.82, 2.24) is 5.32 Å². The van der Waals surface area contributed by atoms with E-state index in [0.29, 0.717) is 106 Å². The molecule has 2 aromatic carbocycles. The van der Waals surface area contributed by atoms with Gasteiger partial charge in [-0.05, 0) is 17.7 Å². The molecule has 0 aromatic heterocycles. The summed E-state index contributed by atoms with van der Waals surface area (Å²) in [6, 6.07) is 17.4. The van der Waals surface area contributed by atoms with Crippen molar-refractivity contribution >= 4 is 16.2 Å². The van der Waals surface area contributed by atoms with Crippen LogP contribution < -0.4 is 5.32 Å². The molecule has 2 aromatic rings. The summed E-state index contributed by atoms with van der Waals surface area (Å²) in [6.45, 7) is 7.08. The quantitative estimate of drug-likeness (QED) is 0.0912. The third-order valence-corrected chi connectivity index (χ3v) is 7.16. The Balaban J connectivity index is 1.19. The third kappa shape index (κ3) is 23.3. The number of benzene rings is 2. The van der Waals surface area contributed by atoms with Gasteiger partial charge in [-0.25, -0.2) is 4.79 Å². The van der Waals surface area contributed by atoms with Crippen LogP contribution in [0.5, 0.6) is 0 Å². The second kappa shape index (κ2) is 28.3. The lowest BCUT2D eigenvalue weighted by atomic mass is 10.2. The highest BCUT2D eigenvalue weighted by Gasteiger charge is 2.13. The molecule has 0 radical (unpaired) electrons. The molecule has 1 N–H and O–H groups in total. The normalized spacial score (nSPS) is 11.5. The van der Waals surface area contributed by atoms with E-state index in [-0.39, 0.29) is 24.7 Å². The van der Waals surface area contributed by atoms with Gasteiger partial charge in [-0.3, -0.25) is 4.18 Å². The molecule has 266 valence electrons. The van der Waals surface area contributed by atoms with E-state index in [9.17, 15) is 13.2 Å². The van der Waals surface area contributed by atoms with Gasteiger partial charge in [0.15, 0.2) is 0 Å². The molecule has 0 saturated carbocycles. The van der Waals surface area contributed by atoms with Gasteiger partial charge in [-0.2, -0.15) is 8.42 Å². The number of nitrogens with one attached hydrogen (secondary N) is 1. The third-order valence-electron chi connectivity index (χ3n) is 5.83. The van der Waals surface area contributed by atoms with Crippen LogP contribution in [-0.4, -0.2) is 133 Å². The van der Waals surface area contributed by atoms with Crippen molar-refractivity contribution in [2.75, 3.05) is 119 Å². The maximum Gasteiger partial charge on any atom is 0.407 e. The number of amides is 1. The molecule has 15 heteroatoms. The minimum atomic E-state index is -3.76. The van der Waals surface area contributed by atoms with Crippen LogP contribution in [0.15, 0.2) is 65.6 Å². The summed E-state index contributed by atoms with van der Waals surface area (Å²) >= 11 is 0. The zero-order chi connectivity index (χ0) is 33.5. The lowest BCUT2D eigenvalue weighted by molar-refractivity contribution is -0.0235. The number of rotatable bonds is 31. The SMILES string of the molecule is O=C(NCCOCCOCCOCCOCCOCCOCCOCCOCCOS(=O)(=O)c1ccccc1)OCc1ccccc1. The van der Waals surface area contributed by atoms with E-state index in [1.807, 2.05) is 30.3 Å². The topological polar surface area (TPSA) is 156 Å². The molecule has 0 aliphatic heterocycles. The molecule has 0 atom stereocenters. The number of hydrogen-bond acceptors (Lipinski definition) is 13. The fourth-order valence-electron chi connectivity index (χ4n) is 3.50. The van der Waals surface area contributed by atoms with Gasteiger partial charge < -0.3 is 47.9 Å². The number of alkyl carbamates (subject to hydrolysis) is 1. The first kappa shape index (κ1) is 40.5. The van der Waals surface area contributed by atoms with Crippen LogP contribution in [0.25, 0.3) is 0 Å². The first-order chi connectivity index (χ1) is 23.1. The summed E-state index contributed by atoms with van der Waals surface area (Å²) in [5.41, 5.74) is 0.931. The van der Waals surface area contributed by atoms with Crippen molar-refractivity contribution in [3.63, 3.8) is 0 Å². The molecule has 2 rings (SSSR count). The van der Waals surface area contributed by atoms with E-state index in [1.54, 1.807) is 18.2 Å². The van der Waals surface area contributed by atoms with Gasteiger partial charge in [0.05, 0.1) is 117 Å². The first-order valence-corrected chi connectivity index (χ1v) is 17.0. The van der Waals surface area contributed by atoms with Crippen LogP contribution >= 0.6 is 0 Å². The highest BCUT2D eigenvalue weighted by molar-refractivity contribution is 7.86. The Hall–Kier alpha value is -2.70. The Kier molecular flexibility index (Phi) is 24.4. The lowest BCUT2D eigenvalue weighted by Crippen LogP contribution is -2.28. The maximum absolute atomic E-state index is 12.0. The second-order valence-electron chi connectivity index (χ2n) is 9.48. The summed E-state index contributed by atoms with van der Waals surface area (Å²) in [6.07, 6.45) is -0.477. The monoisotopic (exact) mass is 687 g/mol. The average molecular weight is 688 g/mol. The highest BCUT2D eigenvalue weighted by Crippen LogP contribution is 2.10. The van der Waals surface area contributed by atoms with Gasteiger partial charge in [0.25, 0.3) is 10.1 Å². The molecule has 1 amide bonds. The fourth-order valence-corrected chi connectivity index (χ4v) is 4.41. The molecule has 0 fully saturated rings. The summed E-state index contributed by atoms with van der Waals surface area (Å²) in [5, 5.41) is 2.63. The van der Waals surface area contributed by atoms with Gasteiger partial charge in [-0.15, -0.1) is 0 Å². The van der Waals surface area contributed by atoms with Crippen LogP contribution in [-0.2, 0) is 63.5 Å². The molecule has 0 aliphatic carbocycles. The van der Waals surface area contributed by atoms with Gasteiger partial charge in [0, 0.05) is 6.54 Å². The van der Waals surface area contributed by atoms with Crippen LogP contribution in [0.1, 0.15) is 5.56 Å². The number of carbonyl (C=O) groups is 1. The standard InChI is InChI=1S/C32H49NO13S/c34-32(45-29-30-7-3-1-4-8-30)33-11-12-37-13-14-38-15-16-39-17-18-40-19-20-41-21-22-42-23-24-43-25-26-44-27-28-46-47(35,36)31-9-5-2-6-10-31/h1-10H,11-29H2,(H,33,34).